The molecule has 4 heteroatoms. The third-order valence-corrected chi connectivity index (χ3v) is 3.58. The van der Waals surface area contributed by atoms with Crippen molar-refractivity contribution in [3.05, 3.63) is 0 Å². The molecule has 102 valence electrons. The standard InChI is InChI=1S/C13H28N2O2/c1-4-14-12-5-6-13(11-12)15(7-9-16-2)8-10-17-3/h12-14H,4-11H2,1-3H3. The molecule has 0 aromatic carbocycles. The maximum absolute atomic E-state index is 5.19. The van der Waals surface area contributed by atoms with Crippen LogP contribution in [0.1, 0.15) is 26.2 Å². The van der Waals surface area contributed by atoms with E-state index in [2.05, 4.69) is 17.1 Å². The highest BCUT2D eigenvalue weighted by molar-refractivity contribution is 4.86. The fourth-order valence-corrected chi connectivity index (χ4v) is 2.66. The van der Waals surface area contributed by atoms with Crippen LogP contribution in [0, 0.1) is 0 Å². The lowest BCUT2D eigenvalue weighted by Gasteiger charge is -2.28. The van der Waals surface area contributed by atoms with E-state index in [9.17, 15) is 0 Å². The van der Waals surface area contributed by atoms with Gasteiger partial charge >= 0.3 is 0 Å². The second kappa shape index (κ2) is 8.86. The maximum Gasteiger partial charge on any atom is 0.0589 e. The molecule has 1 saturated carbocycles. The number of nitrogens with one attached hydrogen (secondary N) is 1. The van der Waals surface area contributed by atoms with Crippen LogP contribution in [-0.4, -0.2) is 64.1 Å². The van der Waals surface area contributed by atoms with Crippen LogP contribution in [0.15, 0.2) is 0 Å². The molecule has 0 saturated heterocycles. The van der Waals surface area contributed by atoms with Crippen LogP contribution in [0.3, 0.4) is 0 Å². The Kier molecular flexibility index (Phi) is 7.77. The van der Waals surface area contributed by atoms with Gasteiger partial charge in [-0.05, 0) is 25.8 Å². The molecule has 1 rings (SSSR count). The van der Waals surface area contributed by atoms with Crippen molar-refractivity contribution in [3.8, 4) is 0 Å². The van der Waals surface area contributed by atoms with Gasteiger partial charge in [0.05, 0.1) is 13.2 Å². The number of hydrogen-bond donors (Lipinski definition) is 1. The second-order valence-corrected chi connectivity index (χ2v) is 4.74. The lowest BCUT2D eigenvalue weighted by Crippen LogP contribution is -2.39. The zero-order valence-corrected chi connectivity index (χ0v) is 11.6. The lowest BCUT2D eigenvalue weighted by atomic mass is 10.2. The molecule has 2 atom stereocenters. The van der Waals surface area contributed by atoms with Crippen molar-refractivity contribution in [2.75, 3.05) is 47.1 Å². The van der Waals surface area contributed by atoms with E-state index in [1.54, 1.807) is 14.2 Å². The molecule has 0 bridgehead atoms. The average molecular weight is 244 g/mol. The van der Waals surface area contributed by atoms with Crippen molar-refractivity contribution in [2.45, 2.75) is 38.3 Å². The molecule has 0 aliphatic heterocycles. The molecule has 2 unspecified atom stereocenters. The molecule has 0 heterocycles. The van der Waals surface area contributed by atoms with Crippen LogP contribution >= 0.6 is 0 Å². The van der Waals surface area contributed by atoms with Crippen molar-refractivity contribution in [2.24, 2.45) is 0 Å². The van der Waals surface area contributed by atoms with E-state index in [4.69, 9.17) is 9.47 Å². The van der Waals surface area contributed by atoms with Gasteiger partial charge in [-0.25, -0.2) is 0 Å². The summed E-state index contributed by atoms with van der Waals surface area (Å²) in [6.45, 7) is 6.92. The first kappa shape index (κ1) is 14.9. The van der Waals surface area contributed by atoms with Crippen molar-refractivity contribution < 1.29 is 9.47 Å². The molecule has 0 spiro atoms. The van der Waals surface area contributed by atoms with Gasteiger partial charge in [-0.3, -0.25) is 4.90 Å². The van der Waals surface area contributed by atoms with E-state index in [-0.39, 0.29) is 0 Å². The molecule has 1 fully saturated rings. The molecule has 0 amide bonds. The third kappa shape index (κ3) is 5.34. The zero-order valence-electron chi connectivity index (χ0n) is 11.6. The van der Waals surface area contributed by atoms with Gasteiger partial charge in [-0.2, -0.15) is 0 Å². The minimum absolute atomic E-state index is 0.698. The lowest BCUT2D eigenvalue weighted by molar-refractivity contribution is 0.0880. The third-order valence-electron chi connectivity index (χ3n) is 3.58. The summed E-state index contributed by atoms with van der Waals surface area (Å²) in [5.41, 5.74) is 0. The fourth-order valence-electron chi connectivity index (χ4n) is 2.66. The molecular weight excluding hydrogens is 216 g/mol. The first-order chi connectivity index (χ1) is 8.31. The van der Waals surface area contributed by atoms with Crippen LogP contribution < -0.4 is 5.32 Å². The van der Waals surface area contributed by atoms with E-state index in [1.807, 2.05) is 0 Å². The Hall–Kier alpha value is -0.160. The predicted molar refractivity (Wildman–Crippen MR) is 70.4 cm³/mol. The topological polar surface area (TPSA) is 33.7 Å². The van der Waals surface area contributed by atoms with Gasteiger partial charge < -0.3 is 14.8 Å². The van der Waals surface area contributed by atoms with Crippen LogP contribution in [0.2, 0.25) is 0 Å². The second-order valence-electron chi connectivity index (χ2n) is 4.74. The predicted octanol–water partition coefficient (Wildman–Crippen LogP) is 1.11. The minimum atomic E-state index is 0.698. The number of nitrogens with zero attached hydrogens (tertiary/aromatic N) is 1. The summed E-state index contributed by atoms with van der Waals surface area (Å²) >= 11 is 0. The smallest absolute Gasteiger partial charge is 0.0589 e. The monoisotopic (exact) mass is 244 g/mol. The van der Waals surface area contributed by atoms with E-state index in [0.29, 0.717) is 12.1 Å². The molecule has 17 heavy (non-hydrogen) atoms. The molecule has 1 aliphatic carbocycles. The quantitative estimate of drug-likeness (QED) is 0.659. The molecule has 1 aliphatic rings. The fraction of sp³-hybridized carbons (Fsp3) is 1.00. The maximum atomic E-state index is 5.19. The summed E-state index contributed by atoms with van der Waals surface area (Å²) < 4.78 is 10.4. The number of hydrogen-bond acceptors (Lipinski definition) is 4. The van der Waals surface area contributed by atoms with Crippen molar-refractivity contribution >= 4 is 0 Å². The minimum Gasteiger partial charge on any atom is -0.383 e. The largest absolute Gasteiger partial charge is 0.383 e. The Morgan fingerprint density at radius 2 is 1.76 bits per heavy atom. The summed E-state index contributed by atoms with van der Waals surface area (Å²) in [6, 6.07) is 1.40. The molecular formula is C13H28N2O2. The molecule has 1 N–H and O–H groups in total. The normalized spacial score (nSPS) is 24.7. The van der Waals surface area contributed by atoms with Gasteiger partial charge in [0.2, 0.25) is 0 Å². The Bertz CT molecular complexity index is 182. The van der Waals surface area contributed by atoms with Gasteiger partial charge in [0.1, 0.15) is 0 Å². The van der Waals surface area contributed by atoms with E-state index < -0.39 is 0 Å². The summed E-state index contributed by atoms with van der Waals surface area (Å²) in [5, 5.41) is 3.55. The van der Waals surface area contributed by atoms with Gasteiger partial charge in [-0.1, -0.05) is 6.92 Å². The van der Waals surface area contributed by atoms with Crippen molar-refractivity contribution in [3.63, 3.8) is 0 Å². The van der Waals surface area contributed by atoms with Gasteiger partial charge in [-0.15, -0.1) is 0 Å². The van der Waals surface area contributed by atoms with E-state index in [1.165, 1.54) is 19.3 Å². The molecule has 0 aromatic rings. The van der Waals surface area contributed by atoms with Gasteiger partial charge in [0, 0.05) is 39.4 Å². The molecule has 4 nitrogen and oxygen atoms in total. The van der Waals surface area contributed by atoms with Crippen LogP contribution in [0.4, 0.5) is 0 Å². The summed E-state index contributed by atoms with van der Waals surface area (Å²) in [4.78, 5) is 2.52. The first-order valence-electron chi connectivity index (χ1n) is 6.77. The highest BCUT2D eigenvalue weighted by Crippen LogP contribution is 2.23. The van der Waals surface area contributed by atoms with Crippen molar-refractivity contribution in [1.29, 1.82) is 0 Å². The zero-order chi connectivity index (χ0) is 12.5. The molecule has 0 radical (unpaired) electrons. The number of methoxy groups -OCH3 is 2. The van der Waals surface area contributed by atoms with Gasteiger partial charge in [0.15, 0.2) is 0 Å². The number of rotatable bonds is 9. The van der Waals surface area contributed by atoms with Crippen molar-refractivity contribution in [1.82, 2.24) is 10.2 Å². The first-order valence-corrected chi connectivity index (χ1v) is 6.77. The Balaban J connectivity index is 2.35. The van der Waals surface area contributed by atoms with Crippen LogP contribution in [0.25, 0.3) is 0 Å². The average Bonchev–Trinajstić information content (AvgIpc) is 2.78. The summed E-state index contributed by atoms with van der Waals surface area (Å²) in [5.74, 6) is 0. The highest BCUT2D eigenvalue weighted by Gasteiger charge is 2.28. The summed E-state index contributed by atoms with van der Waals surface area (Å²) in [6.07, 6.45) is 3.86. The Labute approximate surface area is 106 Å². The van der Waals surface area contributed by atoms with E-state index in [0.717, 1.165) is 32.8 Å². The summed E-state index contributed by atoms with van der Waals surface area (Å²) in [7, 11) is 3.54. The number of ether oxygens (including phenoxy) is 2. The molecule has 0 aromatic heterocycles. The van der Waals surface area contributed by atoms with Crippen LogP contribution in [0.5, 0.6) is 0 Å². The van der Waals surface area contributed by atoms with Gasteiger partial charge in [0.25, 0.3) is 0 Å². The Morgan fingerprint density at radius 3 is 2.29 bits per heavy atom. The Morgan fingerprint density at radius 1 is 1.12 bits per heavy atom. The van der Waals surface area contributed by atoms with Crippen LogP contribution in [-0.2, 0) is 9.47 Å². The SMILES string of the molecule is CCNC1CCC(N(CCOC)CCOC)C1. The van der Waals surface area contributed by atoms with E-state index >= 15 is 0 Å². The highest BCUT2D eigenvalue weighted by atomic mass is 16.5.